The second-order valence-corrected chi connectivity index (χ2v) is 8.27. The molecule has 1 saturated carbocycles. The molecule has 0 radical (unpaired) electrons. The van der Waals surface area contributed by atoms with Crippen LogP contribution in [0.1, 0.15) is 49.7 Å². The second kappa shape index (κ2) is 6.25. The Balaban J connectivity index is 1.61. The molecule has 1 aromatic carbocycles. The second-order valence-electron chi connectivity index (χ2n) is 8.27. The van der Waals surface area contributed by atoms with Crippen molar-refractivity contribution in [3.8, 4) is 0 Å². The van der Waals surface area contributed by atoms with Crippen LogP contribution in [0.2, 0.25) is 0 Å². The number of carbonyl (C=O) groups excluding carboxylic acids is 1. The number of likely N-dealkylation sites (tertiary alicyclic amines) is 1. The van der Waals surface area contributed by atoms with E-state index in [-0.39, 0.29) is 11.3 Å². The van der Waals surface area contributed by atoms with Gasteiger partial charge in [0.25, 0.3) is 0 Å². The molecule has 1 N–H and O–H groups in total. The zero-order chi connectivity index (χ0) is 18.4. The van der Waals surface area contributed by atoms with E-state index in [2.05, 4.69) is 5.32 Å². The van der Waals surface area contributed by atoms with Crippen LogP contribution in [0.5, 0.6) is 0 Å². The highest BCUT2D eigenvalue weighted by Crippen LogP contribution is 2.47. The fourth-order valence-electron chi connectivity index (χ4n) is 4.98. The van der Waals surface area contributed by atoms with Gasteiger partial charge in [0, 0.05) is 25.0 Å². The normalized spacial score (nSPS) is 28.2. The number of alkyl halides is 3. The summed E-state index contributed by atoms with van der Waals surface area (Å²) >= 11 is 0. The number of hydrogen-bond acceptors (Lipinski definition) is 2. The minimum Gasteiger partial charge on any atom is -0.341 e. The molecule has 1 aromatic rings. The Bertz CT molecular complexity index is 691. The summed E-state index contributed by atoms with van der Waals surface area (Å²) in [5, 5.41) is 3.40. The molecule has 26 heavy (non-hydrogen) atoms. The maximum absolute atomic E-state index is 13.4. The minimum absolute atomic E-state index is 0.0362. The Hall–Kier alpha value is -1.56. The lowest BCUT2D eigenvalue weighted by molar-refractivity contribution is -0.145. The van der Waals surface area contributed by atoms with Crippen molar-refractivity contribution in [1.82, 2.24) is 10.2 Å². The van der Waals surface area contributed by atoms with Crippen molar-refractivity contribution < 1.29 is 18.0 Å². The first-order valence-corrected chi connectivity index (χ1v) is 9.53. The summed E-state index contributed by atoms with van der Waals surface area (Å²) in [5.74, 6) is 0.0362. The van der Waals surface area contributed by atoms with Gasteiger partial charge in [-0.2, -0.15) is 13.2 Å². The van der Waals surface area contributed by atoms with Crippen LogP contribution < -0.4 is 5.32 Å². The molecule has 4 rings (SSSR count). The number of halogens is 3. The van der Waals surface area contributed by atoms with E-state index in [4.69, 9.17) is 0 Å². The first-order chi connectivity index (χ1) is 12.3. The van der Waals surface area contributed by atoms with Crippen LogP contribution in [-0.4, -0.2) is 37.0 Å². The van der Waals surface area contributed by atoms with Crippen LogP contribution in [-0.2, 0) is 16.4 Å². The molecule has 3 nitrogen and oxygen atoms in total. The number of amides is 1. The van der Waals surface area contributed by atoms with E-state index in [0.717, 1.165) is 57.9 Å². The fourth-order valence-corrected chi connectivity index (χ4v) is 4.98. The summed E-state index contributed by atoms with van der Waals surface area (Å²) in [6, 6.07) is 5.40. The molecule has 0 bridgehead atoms. The predicted molar refractivity (Wildman–Crippen MR) is 92.7 cm³/mol. The van der Waals surface area contributed by atoms with Crippen molar-refractivity contribution in [2.45, 2.75) is 50.1 Å². The Morgan fingerprint density at radius 2 is 1.92 bits per heavy atom. The highest BCUT2D eigenvalue weighted by molar-refractivity contribution is 5.89. The lowest BCUT2D eigenvalue weighted by atomic mass is 9.63. The van der Waals surface area contributed by atoms with Gasteiger partial charge < -0.3 is 10.2 Å². The Kier molecular flexibility index (Phi) is 4.29. The molecule has 142 valence electrons. The first kappa shape index (κ1) is 17.8. The summed E-state index contributed by atoms with van der Waals surface area (Å²) in [4.78, 5) is 15.4. The van der Waals surface area contributed by atoms with Crippen LogP contribution in [0.25, 0.3) is 0 Å². The predicted octanol–water partition coefficient (Wildman–Crippen LogP) is 3.73. The monoisotopic (exact) mass is 366 g/mol. The van der Waals surface area contributed by atoms with Gasteiger partial charge in [0.1, 0.15) is 0 Å². The summed E-state index contributed by atoms with van der Waals surface area (Å²) in [6.45, 7) is 3.38. The van der Waals surface area contributed by atoms with Gasteiger partial charge in [-0.3, -0.25) is 4.79 Å². The molecule has 2 saturated heterocycles. The molecule has 3 aliphatic rings. The van der Waals surface area contributed by atoms with Crippen LogP contribution >= 0.6 is 0 Å². The number of nitrogens with one attached hydrogen (secondary N) is 1. The maximum atomic E-state index is 13.4. The van der Waals surface area contributed by atoms with Crippen LogP contribution in [0, 0.1) is 5.41 Å². The first-order valence-electron chi connectivity index (χ1n) is 9.53. The van der Waals surface area contributed by atoms with E-state index >= 15 is 0 Å². The third-order valence-corrected chi connectivity index (χ3v) is 6.64. The van der Waals surface area contributed by atoms with Crippen molar-refractivity contribution in [2.24, 2.45) is 5.41 Å². The van der Waals surface area contributed by atoms with Gasteiger partial charge >= 0.3 is 6.18 Å². The smallest absolute Gasteiger partial charge is 0.341 e. The highest BCUT2D eigenvalue weighted by atomic mass is 19.4. The van der Waals surface area contributed by atoms with Crippen LogP contribution in [0.15, 0.2) is 24.3 Å². The SMILES string of the molecule is O=C(N1CCCC2(CCNC2)C1)C1(c2cccc(C(F)(F)F)c2)CCC1. The zero-order valence-corrected chi connectivity index (χ0v) is 14.9. The quantitative estimate of drug-likeness (QED) is 0.865. The van der Waals surface area contributed by atoms with Crippen molar-refractivity contribution in [1.29, 1.82) is 0 Å². The van der Waals surface area contributed by atoms with Gasteiger partial charge in [0.05, 0.1) is 11.0 Å². The Labute approximate surface area is 151 Å². The molecule has 0 aromatic heterocycles. The average molecular weight is 366 g/mol. The molecule has 2 aliphatic heterocycles. The lowest BCUT2D eigenvalue weighted by Gasteiger charge is -2.48. The van der Waals surface area contributed by atoms with Gasteiger partial charge in [0.15, 0.2) is 0 Å². The van der Waals surface area contributed by atoms with Gasteiger partial charge in [0.2, 0.25) is 5.91 Å². The third-order valence-electron chi connectivity index (χ3n) is 6.64. The standard InChI is InChI=1S/C20H25F3N2O/c21-20(22,23)16-5-1-4-15(12-16)19(7-2-8-19)17(26)25-11-3-6-18(14-25)9-10-24-13-18/h1,4-5,12,24H,2-3,6-11,13-14H2. The molecule has 3 fully saturated rings. The molecule has 2 heterocycles. The number of rotatable bonds is 2. The van der Waals surface area contributed by atoms with E-state index < -0.39 is 17.2 Å². The molecule has 1 atom stereocenters. The summed E-state index contributed by atoms with van der Waals surface area (Å²) in [5.41, 5.74) is -0.727. The zero-order valence-electron chi connectivity index (χ0n) is 14.9. The number of hydrogen-bond donors (Lipinski definition) is 1. The van der Waals surface area contributed by atoms with Gasteiger partial charge in [-0.05, 0) is 50.3 Å². The topological polar surface area (TPSA) is 32.3 Å². The van der Waals surface area contributed by atoms with E-state index in [0.29, 0.717) is 18.4 Å². The van der Waals surface area contributed by atoms with Crippen molar-refractivity contribution in [3.05, 3.63) is 35.4 Å². The Morgan fingerprint density at radius 1 is 1.12 bits per heavy atom. The fraction of sp³-hybridized carbons (Fsp3) is 0.650. The van der Waals surface area contributed by atoms with Gasteiger partial charge in [-0.1, -0.05) is 24.6 Å². The molecule has 1 amide bonds. The number of piperidine rings is 1. The van der Waals surface area contributed by atoms with Crippen LogP contribution in [0.4, 0.5) is 13.2 Å². The molecule has 1 unspecified atom stereocenters. The average Bonchev–Trinajstić information content (AvgIpc) is 3.01. The molecular weight excluding hydrogens is 341 g/mol. The highest BCUT2D eigenvalue weighted by Gasteiger charge is 2.50. The number of benzene rings is 1. The van der Waals surface area contributed by atoms with E-state index in [9.17, 15) is 18.0 Å². The maximum Gasteiger partial charge on any atom is 0.416 e. The lowest BCUT2D eigenvalue weighted by Crippen LogP contribution is -2.56. The largest absolute Gasteiger partial charge is 0.416 e. The van der Waals surface area contributed by atoms with E-state index in [1.54, 1.807) is 6.07 Å². The molecule has 6 heteroatoms. The van der Waals surface area contributed by atoms with Crippen LogP contribution in [0.3, 0.4) is 0 Å². The molecular formula is C20H25F3N2O. The van der Waals surface area contributed by atoms with Gasteiger partial charge in [-0.25, -0.2) is 0 Å². The third kappa shape index (κ3) is 2.92. The summed E-state index contributed by atoms with van der Waals surface area (Å²) < 4.78 is 39.4. The van der Waals surface area contributed by atoms with Crippen molar-refractivity contribution in [2.75, 3.05) is 26.2 Å². The molecule has 1 spiro atoms. The van der Waals surface area contributed by atoms with E-state index in [1.165, 1.54) is 12.1 Å². The summed E-state index contributed by atoms with van der Waals surface area (Å²) in [6.07, 6.45) is 0.987. The number of carbonyl (C=O) groups is 1. The number of nitrogens with zero attached hydrogens (tertiary/aromatic N) is 1. The van der Waals surface area contributed by atoms with Crippen molar-refractivity contribution >= 4 is 5.91 Å². The Morgan fingerprint density at radius 3 is 2.54 bits per heavy atom. The molecule has 1 aliphatic carbocycles. The van der Waals surface area contributed by atoms with E-state index in [1.807, 2.05) is 4.90 Å². The minimum atomic E-state index is -4.38. The van der Waals surface area contributed by atoms with Gasteiger partial charge in [-0.15, -0.1) is 0 Å². The summed E-state index contributed by atoms with van der Waals surface area (Å²) in [7, 11) is 0. The van der Waals surface area contributed by atoms with Crippen molar-refractivity contribution in [3.63, 3.8) is 0 Å².